The number of hydrogen-bond acceptors (Lipinski definition) is 2. The normalized spacial score (nSPS) is 10.8. The van der Waals surface area contributed by atoms with E-state index in [1.807, 2.05) is 11.7 Å². The summed E-state index contributed by atoms with van der Waals surface area (Å²) in [6.07, 6.45) is 2.08. The Balaban J connectivity index is 2.33. The van der Waals surface area contributed by atoms with Gasteiger partial charge < -0.3 is 5.32 Å². The Morgan fingerprint density at radius 3 is 2.59 bits per heavy atom. The molecule has 0 bridgehead atoms. The van der Waals surface area contributed by atoms with Gasteiger partial charge in [0.25, 0.3) is 0 Å². The molecule has 0 radical (unpaired) electrons. The minimum Gasteiger partial charge on any atom is -0.313 e. The van der Waals surface area contributed by atoms with Crippen molar-refractivity contribution in [3.05, 3.63) is 41.6 Å². The first kappa shape index (κ1) is 11.9. The maximum atomic E-state index is 4.54. The van der Waals surface area contributed by atoms with E-state index in [0.29, 0.717) is 0 Å². The third-order valence-corrected chi connectivity index (χ3v) is 2.80. The van der Waals surface area contributed by atoms with Crippen LogP contribution in [-0.4, -0.2) is 16.3 Å². The van der Waals surface area contributed by atoms with Crippen molar-refractivity contribution in [3.8, 4) is 11.3 Å². The van der Waals surface area contributed by atoms with Crippen LogP contribution in [0.1, 0.15) is 18.1 Å². The van der Waals surface area contributed by atoms with Crippen molar-refractivity contribution in [2.75, 3.05) is 6.54 Å². The van der Waals surface area contributed by atoms with Crippen molar-refractivity contribution in [1.29, 1.82) is 0 Å². The van der Waals surface area contributed by atoms with Crippen LogP contribution in [-0.2, 0) is 13.6 Å². The second-order valence-electron chi connectivity index (χ2n) is 4.32. The first-order chi connectivity index (χ1) is 8.20. The Morgan fingerprint density at radius 2 is 1.94 bits per heavy atom. The summed E-state index contributed by atoms with van der Waals surface area (Å²) in [7, 11) is 1.97. The van der Waals surface area contributed by atoms with Crippen LogP contribution in [0, 0.1) is 6.92 Å². The molecule has 0 spiro atoms. The molecular weight excluding hydrogens is 210 g/mol. The van der Waals surface area contributed by atoms with Gasteiger partial charge in [-0.15, -0.1) is 0 Å². The summed E-state index contributed by atoms with van der Waals surface area (Å²) in [6, 6.07) is 8.52. The number of benzene rings is 1. The highest BCUT2D eigenvalue weighted by molar-refractivity contribution is 5.62. The molecule has 0 amide bonds. The summed E-state index contributed by atoms with van der Waals surface area (Å²) in [4.78, 5) is 0. The Labute approximate surface area is 102 Å². The summed E-state index contributed by atoms with van der Waals surface area (Å²) < 4.78 is 1.88. The topological polar surface area (TPSA) is 29.9 Å². The molecule has 0 atom stereocenters. The molecular formula is C14H19N3. The fourth-order valence-corrected chi connectivity index (χ4v) is 1.88. The first-order valence-electron chi connectivity index (χ1n) is 6.01. The van der Waals surface area contributed by atoms with Crippen LogP contribution in [0.4, 0.5) is 0 Å². The zero-order valence-corrected chi connectivity index (χ0v) is 10.7. The Bertz CT molecular complexity index is 483. The number of nitrogens with zero attached hydrogens (tertiary/aromatic N) is 2. The van der Waals surface area contributed by atoms with E-state index in [4.69, 9.17) is 0 Å². The third kappa shape index (κ3) is 2.74. The molecule has 0 aliphatic heterocycles. The minimum atomic E-state index is 0.869. The van der Waals surface area contributed by atoms with E-state index in [2.05, 4.69) is 54.7 Å². The molecule has 0 saturated heterocycles. The molecule has 0 aliphatic rings. The molecule has 0 unspecified atom stereocenters. The molecule has 2 aromatic rings. The van der Waals surface area contributed by atoms with Gasteiger partial charge in [0.05, 0.1) is 5.69 Å². The van der Waals surface area contributed by atoms with Gasteiger partial charge in [0, 0.05) is 30.9 Å². The van der Waals surface area contributed by atoms with Crippen LogP contribution in [0.25, 0.3) is 11.3 Å². The lowest BCUT2D eigenvalue weighted by Gasteiger charge is -2.03. The Morgan fingerprint density at radius 1 is 1.24 bits per heavy atom. The zero-order valence-electron chi connectivity index (χ0n) is 10.7. The monoisotopic (exact) mass is 229 g/mol. The van der Waals surface area contributed by atoms with Crippen molar-refractivity contribution in [2.24, 2.45) is 7.05 Å². The lowest BCUT2D eigenvalue weighted by atomic mass is 10.1. The van der Waals surface area contributed by atoms with E-state index >= 15 is 0 Å². The van der Waals surface area contributed by atoms with Crippen LogP contribution in [0.5, 0.6) is 0 Å². The maximum Gasteiger partial charge on any atom is 0.0967 e. The van der Waals surface area contributed by atoms with Crippen molar-refractivity contribution >= 4 is 0 Å². The molecule has 1 heterocycles. The Hall–Kier alpha value is -1.61. The van der Waals surface area contributed by atoms with Crippen molar-refractivity contribution in [1.82, 2.24) is 15.1 Å². The minimum absolute atomic E-state index is 0.869. The number of nitrogens with one attached hydrogen (secondary N) is 1. The average Bonchev–Trinajstić information content (AvgIpc) is 2.69. The predicted octanol–water partition coefficient (Wildman–Crippen LogP) is 2.51. The fraction of sp³-hybridized carbons (Fsp3) is 0.357. The Kier molecular flexibility index (Phi) is 3.59. The average molecular weight is 229 g/mol. The zero-order chi connectivity index (χ0) is 12.3. The maximum absolute atomic E-state index is 4.54. The standard InChI is InChI=1S/C14H19N3/c1-4-15-9-13-10-17(3)16-14(13)12-7-5-11(2)6-8-12/h5-8,10,15H,4,9H2,1-3H3. The highest BCUT2D eigenvalue weighted by Gasteiger charge is 2.09. The summed E-state index contributed by atoms with van der Waals surface area (Å²) in [6.45, 7) is 6.06. The molecule has 2 rings (SSSR count). The quantitative estimate of drug-likeness (QED) is 0.873. The molecule has 90 valence electrons. The van der Waals surface area contributed by atoms with Gasteiger partial charge in [-0.2, -0.15) is 5.10 Å². The largest absolute Gasteiger partial charge is 0.313 e. The van der Waals surface area contributed by atoms with Crippen LogP contribution in [0.2, 0.25) is 0 Å². The van der Waals surface area contributed by atoms with Gasteiger partial charge in [-0.3, -0.25) is 4.68 Å². The van der Waals surface area contributed by atoms with Crippen LogP contribution < -0.4 is 5.32 Å². The van der Waals surface area contributed by atoms with E-state index in [9.17, 15) is 0 Å². The van der Waals surface area contributed by atoms with Gasteiger partial charge in [0.2, 0.25) is 0 Å². The molecule has 17 heavy (non-hydrogen) atoms. The summed E-state index contributed by atoms with van der Waals surface area (Å²) >= 11 is 0. The third-order valence-electron chi connectivity index (χ3n) is 2.80. The highest BCUT2D eigenvalue weighted by Crippen LogP contribution is 2.22. The van der Waals surface area contributed by atoms with Gasteiger partial charge in [-0.25, -0.2) is 0 Å². The van der Waals surface area contributed by atoms with Crippen LogP contribution >= 0.6 is 0 Å². The SMILES string of the molecule is CCNCc1cn(C)nc1-c1ccc(C)cc1. The van der Waals surface area contributed by atoms with Gasteiger partial charge >= 0.3 is 0 Å². The number of aryl methyl sites for hydroxylation is 2. The molecule has 0 aliphatic carbocycles. The molecule has 3 nitrogen and oxygen atoms in total. The lowest BCUT2D eigenvalue weighted by Crippen LogP contribution is -2.11. The van der Waals surface area contributed by atoms with E-state index < -0.39 is 0 Å². The summed E-state index contributed by atoms with van der Waals surface area (Å²) in [5.74, 6) is 0. The fourth-order valence-electron chi connectivity index (χ4n) is 1.88. The van der Waals surface area contributed by atoms with Crippen LogP contribution in [0.3, 0.4) is 0 Å². The second kappa shape index (κ2) is 5.15. The molecule has 0 fully saturated rings. The summed E-state index contributed by atoms with van der Waals surface area (Å²) in [5.41, 5.74) is 4.79. The van der Waals surface area contributed by atoms with E-state index in [-0.39, 0.29) is 0 Å². The van der Waals surface area contributed by atoms with Gasteiger partial charge in [0.1, 0.15) is 0 Å². The number of rotatable bonds is 4. The van der Waals surface area contributed by atoms with Gasteiger partial charge in [0.15, 0.2) is 0 Å². The predicted molar refractivity (Wildman–Crippen MR) is 70.8 cm³/mol. The molecule has 1 aromatic carbocycles. The first-order valence-corrected chi connectivity index (χ1v) is 6.01. The van der Waals surface area contributed by atoms with Gasteiger partial charge in [-0.05, 0) is 13.5 Å². The lowest BCUT2D eigenvalue weighted by molar-refractivity contribution is 0.724. The number of hydrogen-bond donors (Lipinski definition) is 1. The van der Waals surface area contributed by atoms with Crippen LogP contribution in [0.15, 0.2) is 30.5 Å². The molecule has 3 heteroatoms. The van der Waals surface area contributed by atoms with E-state index in [1.54, 1.807) is 0 Å². The van der Waals surface area contributed by atoms with Crippen molar-refractivity contribution in [3.63, 3.8) is 0 Å². The second-order valence-corrected chi connectivity index (χ2v) is 4.32. The number of aromatic nitrogens is 2. The van der Waals surface area contributed by atoms with Crippen molar-refractivity contribution in [2.45, 2.75) is 20.4 Å². The summed E-state index contributed by atoms with van der Waals surface area (Å²) in [5, 5.41) is 7.89. The molecule has 1 N–H and O–H groups in total. The van der Waals surface area contributed by atoms with E-state index in [1.165, 1.54) is 16.7 Å². The van der Waals surface area contributed by atoms with E-state index in [0.717, 1.165) is 18.8 Å². The van der Waals surface area contributed by atoms with Gasteiger partial charge in [-0.1, -0.05) is 36.8 Å². The molecule has 0 saturated carbocycles. The smallest absolute Gasteiger partial charge is 0.0967 e. The highest BCUT2D eigenvalue weighted by atomic mass is 15.3. The van der Waals surface area contributed by atoms with Crippen molar-refractivity contribution < 1.29 is 0 Å². The molecule has 1 aromatic heterocycles.